The molecule has 0 spiro atoms. The second-order valence-corrected chi connectivity index (χ2v) is 5.11. The third kappa shape index (κ3) is 2.32. The zero-order chi connectivity index (χ0) is 14.1. The van der Waals surface area contributed by atoms with Crippen molar-refractivity contribution in [1.29, 1.82) is 0 Å². The number of hydrogen-bond donors (Lipinski definition) is 1. The number of nitrogens with zero attached hydrogens (tertiary/aromatic N) is 2. The number of nitrogens with one attached hydrogen (secondary N) is 1. The van der Waals surface area contributed by atoms with Crippen molar-refractivity contribution in [3.63, 3.8) is 0 Å². The van der Waals surface area contributed by atoms with Crippen LogP contribution in [0.3, 0.4) is 0 Å². The van der Waals surface area contributed by atoms with Crippen molar-refractivity contribution < 1.29 is 4.92 Å². The number of non-ortho nitro benzene ring substituents is 1. The Balaban J connectivity index is 1.84. The van der Waals surface area contributed by atoms with Crippen LogP contribution in [0.2, 0.25) is 5.02 Å². The molecule has 1 aliphatic carbocycles. The SMILES string of the molecule is O=[N+]([O-])c1ccc(NC2CCc3cccnc32)c(Cl)c1. The van der Waals surface area contributed by atoms with E-state index in [4.69, 9.17) is 11.6 Å². The molecule has 0 saturated heterocycles. The molecule has 20 heavy (non-hydrogen) atoms. The summed E-state index contributed by atoms with van der Waals surface area (Å²) < 4.78 is 0. The number of nitro groups is 1. The van der Waals surface area contributed by atoms with E-state index in [-0.39, 0.29) is 11.7 Å². The van der Waals surface area contributed by atoms with Gasteiger partial charge in [0.05, 0.1) is 27.4 Å². The molecule has 0 radical (unpaired) electrons. The first-order valence-electron chi connectivity index (χ1n) is 6.29. The summed E-state index contributed by atoms with van der Waals surface area (Å²) >= 11 is 6.09. The topological polar surface area (TPSA) is 68.1 Å². The lowest BCUT2D eigenvalue weighted by Gasteiger charge is -2.15. The van der Waals surface area contributed by atoms with E-state index in [1.54, 1.807) is 12.3 Å². The van der Waals surface area contributed by atoms with Gasteiger partial charge in [0.2, 0.25) is 0 Å². The first-order valence-corrected chi connectivity index (χ1v) is 6.67. The van der Waals surface area contributed by atoms with E-state index < -0.39 is 4.92 Å². The Bertz CT molecular complexity index is 675. The predicted octanol–water partition coefficient (Wildman–Crippen LogP) is 3.74. The van der Waals surface area contributed by atoms with Gasteiger partial charge in [0, 0.05) is 18.3 Å². The molecule has 102 valence electrons. The fourth-order valence-corrected chi connectivity index (χ4v) is 2.70. The van der Waals surface area contributed by atoms with E-state index >= 15 is 0 Å². The minimum atomic E-state index is -0.456. The Morgan fingerprint density at radius 2 is 2.25 bits per heavy atom. The van der Waals surface area contributed by atoms with Crippen molar-refractivity contribution in [3.05, 3.63) is 62.9 Å². The van der Waals surface area contributed by atoms with Gasteiger partial charge in [-0.05, 0) is 30.5 Å². The molecule has 3 rings (SSSR count). The van der Waals surface area contributed by atoms with Crippen LogP contribution in [-0.4, -0.2) is 9.91 Å². The standard InChI is InChI=1S/C14H12ClN3O2/c15-11-8-10(18(19)20)4-6-12(11)17-13-5-3-9-2-1-7-16-14(9)13/h1-2,4,6-8,13,17H,3,5H2. The van der Waals surface area contributed by atoms with Crippen molar-refractivity contribution >= 4 is 23.0 Å². The van der Waals surface area contributed by atoms with Gasteiger partial charge in [0.25, 0.3) is 5.69 Å². The highest BCUT2D eigenvalue weighted by Gasteiger charge is 2.24. The Morgan fingerprint density at radius 3 is 3.00 bits per heavy atom. The number of aryl methyl sites for hydroxylation is 1. The maximum atomic E-state index is 10.7. The fraction of sp³-hybridized carbons (Fsp3) is 0.214. The molecule has 0 fully saturated rings. The van der Waals surface area contributed by atoms with E-state index in [1.165, 1.54) is 17.7 Å². The lowest BCUT2D eigenvalue weighted by molar-refractivity contribution is -0.384. The molecule has 0 saturated carbocycles. The molecule has 1 aliphatic rings. The lowest BCUT2D eigenvalue weighted by atomic mass is 10.2. The molecular formula is C14H12ClN3O2. The maximum absolute atomic E-state index is 10.7. The van der Waals surface area contributed by atoms with Crippen LogP contribution in [0.1, 0.15) is 23.7 Å². The van der Waals surface area contributed by atoms with Gasteiger partial charge in [-0.25, -0.2) is 0 Å². The van der Waals surface area contributed by atoms with Gasteiger partial charge >= 0.3 is 0 Å². The molecule has 1 aromatic carbocycles. The van der Waals surface area contributed by atoms with Gasteiger partial charge in [-0.15, -0.1) is 0 Å². The molecule has 0 amide bonds. The summed E-state index contributed by atoms with van der Waals surface area (Å²) in [5.41, 5.74) is 2.95. The minimum Gasteiger partial charge on any atom is -0.375 e. The molecule has 0 bridgehead atoms. The first kappa shape index (κ1) is 12.9. The Labute approximate surface area is 120 Å². The number of aromatic nitrogens is 1. The van der Waals surface area contributed by atoms with Gasteiger partial charge < -0.3 is 5.32 Å². The summed E-state index contributed by atoms with van der Waals surface area (Å²) in [6, 6.07) is 8.55. The van der Waals surface area contributed by atoms with E-state index in [1.807, 2.05) is 6.07 Å². The lowest BCUT2D eigenvalue weighted by Crippen LogP contribution is -2.09. The molecule has 1 atom stereocenters. The summed E-state index contributed by atoms with van der Waals surface area (Å²) in [7, 11) is 0. The number of anilines is 1. The van der Waals surface area contributed by atoms with Crippen LogP contribution in [0.4, 0.5) is 11.4 Å². The highest BCUT2D eigenvalue weighted by atomic mass is 35.5. The molecule has 1 aromatic heterocycles. The highest BCUT2D eigenvalue weighted by Crippen LogP contribution is 2.35. The zero-order valence-electron chi connectivity index (χ0n) is 10.5. The van der Waals surface area contributed by atoms with Crippen molar-refractivity contribution in [1.82, 2.24) is 4.98 Å². The molecule has 1 N–H and O–H groups in total. The molecule has 0 aliphatic heterocycles. The summed E-state index contributed by atoms with van der Waals surface area (Å²) in [5.74, 6) is 0. The Hall–Kier alpha value is -2.14. The molecular weight excluding hydrogens is 278 g/mol. The van der Waals surface area contributed by atoms with Crippen LogP contribution in [0.5, 0.6) is 0 Å². The largest absolute Gasteiger partial charge is 0.375 e. The van der Waals surface area contributed by atoms with Gasteiger partial charge in [-0.1, -0.05) is 17.7 Å². The van der Waals surface area contributed by atoms with Crippen LogP contribution < -0.4 is 5.32 Å². The van der Waals surface area contributed by atoms with Crippen molar-refractivity contribution in [2.24, 2.45) is 0 Å². The first-order chi connectivity index (χ1) is 9.65. The second-order valence-electron chi connectivity index (χ2n) is 4.70. The Kier molecular flexibility index (Phi) is 3.28. The third-order valence-electron chi connectivity index (χ3n) is 3.45. The van der Waals surface area contributed by atoms with Gasteiger partial charge in [0.1, 0.15) is 0 Å². The summed E-state index contributed by atoms with van der Waals surface area (Å²) in [4.78, 5) is 14.6. The number of benzene rings is 1. The maximum Gasteiger partial charge on any atom is 0.271 e. The molecule has 1 heterocycles. The number of pyridine rings is 1. The summed E-state index contributed by atoms with van der Waals surface area (Å²) in [6.07, 6.45) is 3.70. The van der Waals surface area contributed by atoms with E-state index in [2.05, 4.69) is 16.4 Å². The molecule has 5 nitrogen and oxygen atoms in total. The average molecular weight is 290 g/mol. The van der Waals surface area contributed by atoms with Crippen molar-refractivity contribution in [2.75, 3.05) is 5.32 Å². The van der Waals surface area contributed by atoms with Crippen LogP contribution in [-0.2, 0) is 6.42 Å². The summed E-state index contributed by atoms with van der Waals surface area (Å²) in [6.45, 7) is 0. The predicted molar refractivity (Wildman–Crippen MR) is 77.0 cm³/mol. The van der Waals surface area contributed by atoms with Gasteiger partial charge in [-0.3, -0.25) is 15.1 Å². The number of fused-ring (bicyclic) bond motifs is 1. The minimum absolute atomic E-state index is 0.00880. The second kappa shape index (κ2) is 5.09. The third-order valence-corrected chi connectivity index (χ3v) is 3.76. The fourth-order valence-electron chi connectivity index (χ4n) is 2.48. The van der Waals surface area contributed by atoms with Crippen molar-refractivity contribution in [3.8, 4) is 0 Å². The van der Waals surface area contributed by atoms with Crippen LogP contribution in [0.25, 0.3) is 0 Å². The number of hydrogen-bond acceptors (Lipinski definition) is 4. The van der Waals surface area contributed by atoms with Crippen LogP contribution in [0.15, 0.2) is 36.5 Å². The molecule has 6 heteroatoms. The number of nitro benzene ring substituents is 1. The monoisotopic (exact) mass is 289 g/mol. The molecule has 1 unspecified atom stereocenters. The van der Waals surface area contributed by atoms with Gasteiger partial charge in [0.15, 0.2) is 0 Å². The van der Waals surface area contributed by atoms with E-state index in [9.17, 15) is 10.1 Å². The number of halogens is 1. The van der Waals surface area contributed by atoms with E-state index in [0.717, 1.165) is 18.5 Å². The highest BCUT2D eigenvalue weighted by molar-refractivity contribution is 6.33. The zero-order valence-corrected chi connectivity index (χ0v) is 11.3. The smallest absolute Gasteiger partial charge is 0.271 e. The van der Waals surface area contributed by atoms with Crippen LogP contribution in [0, 0.1) is 10.1 Å². The van der Waals surface area contributed by atoms with Crippen LogP contribution >= 0.6 is 11.6 Å². The summed E-state index contributed by atoms with van der Waals surface area (Å²) in [5, 5.41) is 14.4. The number of rotatable bonds is 3. The van der Waals surface area contributed by atoms with Gasteiger partial charge in [-0.2, -0.15) is 0 Å². The van der Waals surface area contributed by atoms with E-state index in [0.29, 0.717) is 10.7 Å². The normalized spacial score (nSPS) is 16.8. The average Bonchev–Trinajstić information content (AvgIpc) is 2.84. The Morgan fingerprint density at radius 1 is 1.40 bits per heavy atom. The quantitative estimate of drug-likeness (QED) is 0.690. The van der Waals surface area contributed by atoms with Crippen molar-refractivity contribution in [2.45, 2.75) is 18.9 Å². The molecule has 2 aromatic rings.